The summed E-state index contributed by atoms with van der Waals surface area (Å²) in [6.07, 6.45) is 5.78. The SMILES string of the molecule is Cc1cccc(C=O)c1OCCC1CCCCN1C. The lowest BCUT2D eigenvalue weighted by Crippen LogP contribution is -2.37. The molecule has 1 saturated heterocycles. The summed E-state index contributed by atoms with van der Waals surface area (Å²) < 4.78 is 5.85. The fourth-order valence-electron chi connectivity index (χ4n) is 2.77. The fraction of sp³-hybridized carbons (Fsp3) is 0.562. The van der Waals surface area contributed by atoms with Crippen molar-refractivity contribution < 1.29 is 9.53 Å². The summed E-state index contributed by atoms with van der Waals surface area (Å²) in [4.78, 5) is 13.4. The van der Waals surface area contributed by atoms with Gasteiger partial charge in [-0.1, -0.05) is 18.6 Å². The first-order valence-electron chi connectivity index (χ1n) is 7.10. The highest BCUT2D eigenvalue weighted by molar-refractivity contribution is 5.80. The van der Waals surface area contributed by atoms with Crippen LogP contribution in [0.2, 0.25) is 0 Å². The van der Waals surface area contributed by atoms with Crippen LogP contribution in [0.1, 0.15) is 41.6 Å². The molecule has 1 aliphatic rings. The van der Waals surface area contributed by atoms with Crippen molar-refractivity contribution in [3.05, 3.63) is 29.3 Å². The van der Waals surface area contributed by atoms with Gasteiger partial charge in [0, 0.05) is 6.04 Å². The zero-order valence-corrected chi connectivity index (χ0v) is 11.9. The van der Waals surface area contributed by atoms with Crippen molar-refractivity contribution in [2.45, 2.75) is 38.6 Å². The molecule has 19 heavy (non-hydrogen) atoms. The van der Waals surface area contributed by atoms with E-state index in [0.29, 0.717) is 18.2 Å². The Labute approximate surface area is 115 Å². The summed E-state index contributed by atoms with van der Waals surface area (Å²) in [5.41, 5.74) is 1.68. The van der Waals surface area contributed by atoms with Gasteiger partial charge >= 0.3 is 0 Å². The van der Waals surface area contributed by atoms with Gasteiger partial charge in [-0.25, -0.2) is 0 Å². The molecule has 1 heterocycles. The van der Waals surface area contributed by atoms with E-state index in [4.69, 9.17) is 4.74 Å². The number of aryl methyl sites for hydroxylation is 1. The zero-order chi connectivity index (χ0) is 13.7. The van der Waals surface area contributed by atoms with Gasteiger partial charge in [0.2, 0.25) is 0 Å². The van der Waals surface area contributed by atoms with E-state index in [2.05, 4.69) is 11.9 Å². The van der Waals surface area contributed by atoms with E-state index in [1.165, 1.54) is 25.8 Å². The molecule has 3 heteroatoms. The molecule has 0 aromatic heterocycles. The quantitative estimate of drug-likeness (QED) is 0.763. The standard InChI is InChI=1S/C16H23NO2/c1-13-6-5-7-14(12-18)16(13)19-11-9-15-8-3-4-10-17(15)2/h5-7,12,15H,3-4,8-11H2,1-2H3. The zero-order valence-electron chi connectivity index (χ0n) is 11.9. The summed E-state index contributed by atoms with van der Waals surface area (Å²) in [5.74, 6) is 0.746. The largest absolute Gasteiger partial charge is 0.493 e. The molecule has 0 N–H and O–H groups in total. The van der Waals surface area contributed by atoms with Crippen molar-refractivity contribution in [2.75, 3.05) is 20.2 Å². The Hall–Kier alpha value is -1.35. The smallest absolute Gasteiger partial charge is 0.153 e. The Balaban J connectivity index is 1.90. The number of carbonyl (C=O) groups is 1. The van der Waals surface area contributed by atoms with Crippen molar-refractivity contribution in [1.82, 2.24) is 4.90 Å². The van der Waals surface area contributed by atoms with Crippen molar-refractivity contribution >= 4 is 6.29 Å². The summed E-state index contributed by atoms with van der Waals surface area (Å²) >= 11 is 0. The number of ether oxygens (including phenoxy) is 1. The van der Waals surface area contributed by atoms with E-state index in [9.17, 15) is 4.79 Å². The predicted octanol–water partition coefficient (Wildman–Crippen LogP) is 3.06. The van der Waals surface area contributed by atoms with Crippen LogP contribution in [0, 0.1) is 6.92 Å². The number of aldehydes is 1. The molecule has 2 rings (SSSR count). The van der Waals surface area contributed by atoms with E-state index in [1.807, 2.05) is 25.1 Å². The molecule has 0 spiro atoms. The molecular formula is C16H23NO2. The van der Waals surface area contributed by atoms with Crippen LogP contribution in [-0.2, 0) is 0 Å². The summed E-state index contributed by atoms with van der Waals surface area (Å²) in [7, 11) is 2.19. The average molecular weight is 261 g/mol. The van der Waals surface area contributed by atoms with E-state index >= 15 is 0 Å². The molecule has 0 amide bonds. The minimum atomic E-state index is 0.623. The van der Waals surface area contributed by atoms with Gasteiger partial charge in [0.05, 0.1) is 12.2 Å². The molecule has 1 unspecified atom stereocenters. The number of hydrogen-bond donors (Lipinski definition) is 0. The molecule has 0 radical (unpaired) electrons. The highest BCUT2D eigenvalue weighted by Gasteiger charge is 2.18. The molecule has 1 atom stereocenters. The van der Waals surface area contributed by atoms with Crippen molar-refractivity contribution in [1.29, 1.82) is 0 Å². The second-order valence-corrected chi connectivity index (χ2v) is 5.38. The second kappa shape index (κ2) is 6.71. The van der Waals surface area contributed by atoms with Gasteiger partial charge in [-0.05, 0) is 51.4 Å². The van der Waals surface area contributed by atoms with Crippen LogP contribution in [0.3, 0.4) is 0 Å². The number of hydrogen-bond acceptors (Lipinski definition) is 3. The fourth-order valence-corrected chi connectivity index (χ4v) is 2.77. The van der Waals surface area contributed by atoms with Crippen LogP contribution in [-0.4, -0.2) is 37.4 Å². The number of carbonyl (C=O) groups excluding carboxylic acids is 1. The van der Waals surface area contributed by atoms with Crippen LogP contribution in [0.5, 0.6) is 5.75 Å². The van der Waals surface area contributed by atoms with Gasteiger partial charge in [-0.3, -0.25) is 4.79 Å². The molecule has 3 nitrogen and oxygen atoms in total. The van der Waals surface area contributed by atoms with Crippen LogP contribution in [0.15, 0.2) is 18.2 Å². The van der Waals surface area contributed by atoms with Gasteiger partial charge in [0.25, 0.3) is 0 Å². The Bertz CT molecular complexity index is 431. The average Bonchev–Trinajstić information content (AvgIpc) is 2.42. The van der Waals surface area contributed by atoms with Crippen LogP contribution < -0.4 is 4.74 Å². The molecule has 1 aromatic carbocycles. The minimum Gasteiger partial charge on any atom is -0.493 e. The molecule has 104 valence electrons. The molecule has 0 saturated carbocycles. The molecule has 0 bridgehead atoms. The van der Waals surface area contributed by atoms with Gasteiger partial charge in [0.15, 0.2) is 6.29 Å². The van der Waals surface area contributed by atoms with E-state index in [0.717, 1.165) is 24.0 Å². The monoisotopic (exact) mass is 261 g/mol. The third-order valence-electron chi connectivity index (χ3n) is 3.99. The summed E-state index contributed by atoms with van der Waals surface area (Å²) in [6.45, 7) is 3.85. The van der Waals surface area contributed by atoms with Crippen molar-refractivity contribution in [2.24, 2.45) is 0 Å². The maximum absolute atomic E-state index is 11.0. The Morgan fingerprint density at radius 3 is 3.00 bits per heavy atom. The first-order chi connectivity index (χ1) is 9.22. The molecule has 1 aromatic rings. The topological polar surface area (TPSA) is 29.5 Å². The summed E-state index contributed by atoms with van der Waals surface area (Å²) in [5, 5.41) is 0. The van der Waals surface area contributed by atoms with Gasteiger partial charge in [-0.15, -0.1) is 0 Å². The predicted molar refractivity (Wildman–Crippen MR) is 76.9 cm³/mol. The molecular weight excluding hydrogens is 238 g/mol. The maximum Gasteiger partial charge on any atom is 0.153 e. The summed E-state index contributed by atoms with van der Waals surface area (Å²) in [6, 6.07) is 6.30. The maximum atomic E-state index is 11.0. The normalized spacial score (nSPS) is 20.2. The highest BCUT2D eigenvalue weighted by Crippen LogP contribution is 2.23. The van der Waals surface area contributed by atoms with E-state index in [-0.39, 0.29) is 0 Å². The first-order valence-corrected chi connectivity index (χ1v) is 7.10. The third-order valence-corrected chi connectivity index (χ3v) is 3.99. The van der Waals surface area contributed by atoms with Crippen LogP contribution >= 0.6 is 0 Å². The Kier molecular flexibility index (Phi) is 4.97. The second-order valence-electron chi connectivity index (χ2n) is 5.38. The number of benzene rings is 1. The molecule has 0 aliphatic carbocycles. The van der Waals surface area contributed by atoms with Gasteiger partial charge in [-0.2, -0.15) is 0 Å². The molecule has 1 aliphatic heterocycles. The Morgan fingerprint density at radius 2 is 2.26 bits per heavy atom. The Morgan fingerprint density at radius 1 is 1.42 bits per heavy atom. The highest BCUT2D eigenvalue weighted by atomic mass is 16.5. The number of para-hydroxylation sites is 1. The van der Waals surface area contributed by atoms with Crippen LogP contribution in [0.4, 0.5) is 0 Å². The lowest BCUT2D eigenvalue weighted by molar-refractivity contribution is 0.111. The van der Waals surface area contributed by atoms with Crippen molar-refractivity contribution in [3.63, 3.8) is 0 Å². The first kappa shape index (κ1) is 14.1. The van der Waals surface area contributed by atoms with Gasteiger partial charge in [0.1, 0.15) is 5.75 Å². The van der Waals surface area contributed by atoms with Crippen LogP contribution in [0.25, 0.3) is 0 Å². The van der Waals surface area contributed by atoms with Gasteiger partial charge < -0.3 is 9.64 Å². The number of nitrogens with zero attached hydrogens (tertiary/aromatic N) is 1. The molecule has 1 fully saturated rings. The number of rotatable bonds is 5. The third kappa shape index (κ3) is 3.57. The van der Waals surface area contributed by atoms with Crippen molar-refractivity contribution in [3.8, 4) is 5.75 Å². The lowest BCUT2D eigenvalue weighted by atomic mass is 10.0. The number of piperidine rings is 1. The minimum absolute atomic E-state index is 0.623. The lowest BCUT2D eigenvalue weighted by Gasteiger charge is -2.32. The van der Waals surface area contributed by atoms with E-state index in [1.54, 1.807) is 0 Å². The van der Waals surface area contributed by atoms with E-state index < -0.39 is 0 Å². The number of likely N-dealkylation sites (tertiary alicyclic amines) is 1.